The van der Waals surface area contributed by atoms with Gasteiger partial charge in [0.05, 0.1) is 13.5 Å². The average Bonchev–Trinajstić information content (AvgIpc) is 2.30. The molecule has 0 aromatic carbocycles. The second kappa shape index (κ2) is 6.26. The van der Waals surface area contributed by atoms with Crippen molar-refractivity contribution in [3.63, 3.8) is 0 Å². The summed E-state index contributed by atoms with van der Waals surface area (Å²) >= 11 is 8.79. The van der Waals surface area contributed by atoms with Gasteiger partial charge in [-0.15, -0.1) is 0 Å². The van der Waals surface area contributed by atoms with Crippen LogP contribution in [0.2, 0.25) is 5.15 Å². The molecule has 0 atom stereocenters. The third kappa shape index (κ3) is 3.61. The number of hydrogen-bond donors (Lipinski definition) is 0. The summed E-state index contributed by atoms with van der Waals surface area (Å²) in [6, 6.07) is 1.44. The predicted octanol–water partition coefficient (Wildman–Crippen LogP) is 3.28. The topological polar surface area (TPSA) is 39.2 Å². The van der Waals surface area contributed by atoms with Crippen LogP contribution in [-0.4, -0.2) is 18.1 Å². The lowest BCUT2D eigenvalue weighted by molar-refractivity contribution is -0.139. The Morgan fingerprint density at radius 2 is 2.29 bits per heavy atom. The van der Waals surface area contributed by atoms with Crippen LogP contribution in [0.3, 0.4) is 0 Å². The van der Waals surface area contributed by atoms with Gasteiger partial charge in [-0.2, -0.15) is 0 Å². The second-order valence-corrected chi connectivity index (χ2v) is 4.10. The van der Waals surface area contributed by atoms with E-state index in [1.807, 2.05) is 0 Å². The van der Waals surface area contributed by atoms with Crippen molar-refractivity contribution in [3.8, 4) is 0 Å². The fraction of sp³-hybridized carbons (Fsp3) is 0.400. The normalized spacial score (nSPS) is 10.7. The summed E-state index contributed by atoms with van der Waals surface area (Å²) in [6.07, 6.45) is -3.03. The molecule has 1 heterocycles. The number of methoxy groups -OCH3 is 1. The molecule has 1 aromatic rings. The number of rotatable bonds is 4. The lowest BCUT2D eigenvalue weighted by Crippen LogP contribution is -2.11. The molecule has 0 spiro atoms. The summed E-state index contributed by atoms with van der Waals surface area (Å²) in [5.41, 5.74) is 0.191. The molecule has 17 heavy (non-hydrogen) atoms. The van der Waals surface area contributed by atoms with Crippen LogP contribution in [0.5, 0.6) is 0 Å². The number of esters is 1. The summed E-state index contributed by atoms with van der Waals surface area (Å²) < 4.78 is 30.0. The second-order valence-electron chi connectivity index (χ2n) is 3.16. The van der Waals surface area contributed by atoms with Gasteiger partial charge in [0, 0.05) is 5.33 Å². The number of pyridine rings is 1. The third-order valence-corrected chi connectivity index (χ3v) is 2.91. The zero-order chi connectivity index (χ0) is 13.0. The molecule has 0 aliphatic rings. The van der Waals surface area contributed by atoms with Gasteiger partial charge in [0.25, 0.3) is 6.43 Å². The number of hydrogen-bond acceptors (Lipinski definition) is 3. The number of carbonyl (C=O) groups is 1. The van der Waals surface area contributed by atoms with Gasteiger partial charge in [0.15, 0.2) is 0 Å². The van der Waals surface area contributed by atoms with E-state index in [0.29, 0.717) is 10.9 Å². The van der Waals surface area contributed by atoms with Crippen LogP contribution in [0, 0.1) is 0 Å². The van der Waals surface area contributed by atoms with Crippen LogP contribution in [0.15, 0.2) is 6.07 Å². The summed E-state index contributed by atoms with van der Waals surface area (Å²) in [5, 5.41) is 0.282. The Labute approximate surface area is 110 Å². The standard InChI is InChI=1S/C10H9BrClF2NO2/c1-17-8(16)3-6-5(4-11)2-7(12)15-9(6)10(13)14/h2,10H,3-4H2,1H3. The highest BCUT2D eigenvalue weighted by Crippen LogP contribution is 2.28. The number of alkyl halides is 3. The Hall–Kier alpha value is -0.750. The van der Waals surface area contributed by atoms with Gasteiger partial charge in [-0.05, 0) is 17.2 Å². The highest BCUT2D eigenvalue weighted by Gasteiger charge is 2.21. The summed E-state index contributed by atoms with van der Waals surface area (Å²) in [7, 11) is 1.20. The van der Waals surface area contributed by atoms with E-state index >= 15 is 0 Å². The lowest BCUT2D eigenvalue weighted by atomic mass is 10.0. The first-order chi connectivity index (χ1) is 7.99. The van der Waals surface area contributed by atoms with Crippen molar-refractivity contribution in [2.24, 2.45) is 0 Å². The molecule has 0 saturated heterocycles. The Kier molecular flexibility index (Phi) is 5.27. The van der Waals surface area contributed by atoms with Crippen molar-refractivity contribution in [2.45, 2.75) is 18.2 Å². The van der Waals surface area contributed by atoms with Crippen LogP contribution in [0.25, 0.3) is 0 Å². The zero-order valence-corrected chi connectivity index (χ0v) is 11.2. The number of halogens is 4. The molecular formula is C10H9BrClF2NO2. The molecular weight excluding hydrogens is 319 g/mol. The summed E-state index contributed by atoms with van der Waals surface area (Å²) in [6.45, 7) is 0. The molecule has 0 N–H and O–H groups in total. The molecule has 0 aliphatic carbocycles. The van der Waals surface area contributed by atoms with Crippen LogP contribution in [-0.2, 0) is 21.3 Å². The van der Waals surface area contributed by atoms with Gasteiger partial charge in [-0.1, -0.05) is 27.5 Å². The smallest absolute Gasteiger partial charge is 0.310 e. The maximum absolute atomic E-state index is 12.8. The quantitative estimate of drug-likeness (QED) is 0.484. The van der Waals surface area contributed by atoms with Gasteiger partial charge >= 0.3 is 5.97 Å². The van der Waals surface area contributed by atoms with E-state index in [-0.39, 0.29) is 17.1 Å². The Morgan fingerprint density at radius 3 is 2.76 bits per heavy atom. The average molecular weight is 329 g/mol. The molecule has 0 aliphatic heterocycles. The number of ether oxygens (including phenoxy) is 1. The Bertz CT molecular complexity index is 429. The minimum atomic E-state index is -2.79. The minimum Gasteiger partial charge on any atom is -0.469 e. The monoisotopic (exact) mass is 327 g/mol. The maximum atomic E-state index is 12.8. The minimum absolute atomic E-state index is 0.0247. The Balaban J connectivity index is 3.26. The van der Waals surface area contributed by atoms with E-state index in [0.717, 1.165) is 0 Å². The van der Waals surface area contributed by atoms with E-state index < -0.39 is 18.1 Å². The summed E-state index contributed by atoms with van der Waals surface area (Å²) in [4.78, 5) is 14.7. The first kappa shape index (κ1) is 14.3. The van der Waals surface area contributed by atoms with Crippen LogP contribution in [0.1, 0.15) is 23.2 Å². The first-order valence-electron chi connectivity index (χ1n) is 4.58. The molecule has 94 valence electrons. The maximum Gasteiger partial charge on any atom is 0.310 e. The van der Waals surface area contributed by atoms with Crippen LogP contribution < -0.4 is 0 Å². The van der Waals surface area contributed by atoms with E-state index in [4.69, 9.17) is 11.6 Å². The largest absolute Gasteiger partial charge is 0.469 e. The van der Waals surface area contributed by atoms with Gasteiger partial charge < -0.3 is 4.74 Å². The van der Waals surface area contributed by atoms with Gasteiger partial charge in [-0.25, -0.2) is 13.8 Å². The SMILES string of the molecule is COC(=O)Cc1c(CBr)cc(Cl)nc1C(F)F. The Morgan fingerprint density at radius 1 is 1.65 bits per heavy atom. The highest BCUT2D eigenvalue weighted by molar-refractivity contribution is 9.08. The fourth-order valence-corrected chi connectivity index (χ4v) is 2.05. The fourth-order valence-electron chi connectivity index (χ4n) is 1.33. The molecule has 0 unspecified atom stereocenters. The van der Waals surface area contributed by atoms with Crippen molar-refractivity contribution in [1.29, 1.82) is 0 Å². The lowest BCUT2D eigenvalue weighted by Gasteiger charge is -2.12. The van der Waals surface area contributed by atoms with Crippen molar-refractivity contribution >= 4 is 33.5 Å². The number of carbonyl (C=O) groups excluding carboxylic acids is 1. The van der Waals surface area contributed by atoms with E-state index in [1.54, 1.807) is 0 Å². The van der Waals surface area contributed by atoms with Crippen molar-refractivity contribution < 1.29 is 18.3 Å². The van der Waals surface area contributed by atoms with Crippen LogP contribution >= 0.6 is 27.5 Å². The zero-order valence-electron chi connectivity index (χ0n) is 8.84. The van der Waals surface area contributed by atoms with Gasteiger partial charge in [-0.3, -0.25) is 4.79 Å². The predicted molar refractivity (Wildman–Crippen MR) is 62.6 cm³/mol. The van der Waals surface area contributed by atoms with E-state index in [2.05, 4.69) is 25.7 Å². The number of aromatic nitrogens is 1. The molecule has 0 saturated carbocycles. The van der Waals surface area contributed by atoms with E-state index in [9.17, 15) is 13.6 Å². The molecule has 1 rings (SSSR count). The van der Waals surface area contributed by atoms with Crippen molar-refractivity contribution in [3.05, 3.63) is 28.0 Å². The molecule has 0 fully saturated rings. The third-order valence-electron chi connectivity index (χ3n) is 2.12. The molecule has 0 radical (unpaired) electrons. The van der Waals surface area contributed by atoms with Crippen molar-refractivity contribution in [1.82, 2.24) is 4.98 Å². The first-order valence-corrected chi connectivity index (χ1v) is 6.08. The van der Waals surface area contributed by atoms with Crippen molar-refractivity contribution in [2.75, 3.05) is 7.11 Å². The molecule has 7 heteroatoms. The van der Waals surface area contributed by atoms with Gasteiger partial charge in [0.2, 0.25) is 0 Å². The van der Waals surface area contributed by atoms with Gasteiger partial charge in [0.1, 0.15) is 10.8 Å². The van der Waals surface area contributed by atoms with Crippen LogP contribution in [0.4, 0.5) is 8.78 Å². The van der Waals surface area contributed by atoms with E-state index in [1.165, 1.54) is 13.2 Å². The molecule has 0 bridgehead atoms. The molecule has 3 nitrogen and oxygen atoms in total. The highest BCUT2D eigenvalue weighted by atomic mass is 79.9. The molecule has 0 amide bonds. The number of nitrogens with zero attached hydrogens (tertiary/aromatic N) is 1. The summed E-state index contributed by atoms with van der Waals surface area (Å²) in [5.74, 6) is -0.599. The molecule has 1 aromatic heterocycles.